The molecule has 0 fully saturated rings. The van der Waals surface area contributed by atoms with E-state index in [1.807, 2.05) is 39.8 Å². The van der Waals surface area contributed by atoms with Crippen LogP contribution in [0.15, 0.2) is 16.9 Å². The number of aromatic nitrogens is 1. The first kappa shape index (κ1) is 12.2. The fourth-order valence-electron chi connectivity index (χ4n) is 2.25. The van der Waals surface area contributed by atoms with Crippen LogP contribution in [0, 0.1) is 13.8 Å². The van der Waals surface area contributed by atoms with Gasteiger partial charge in [0.2, 0.25) is 0 Å². The molecule has 0 aliphatic carbocycles. The first-order chi connectivity index (χ1) is 7.91. The lowest BCUT2D eigenvalue weighted by molar-refractivity contribution is 0.839. The number of halogens is 1. The summed E-state index contributed by atoms with van der Waals surface area (Å²) in [4.78, 5) is 15.7. The van der Waals surface area contributed by atoms with Gasteiger partial charge in [0.25, 0.3) is 0 Å². The van der Waals surface area contributed by atoms with Crippen LogP contribution in [-0.4, -0.2) is 4.98 Å². The molecule has 17 heavy (non-hydrogen) atoms. The molecule has 0 aliphatic heterocycles. The predicted molar refractivity (Wildman–Crippen MR) is 73.1 cm³/mol. The number of aromatic amines is 1. The van der Waals surface area contributed by atoms with Gasteiger partial charge in [-0.25, -0.2) is 0 Å². The van der Waals surface area contributed by atoms with Gasteiger partial charge < -0.3 is 4.98 Å². The molecule has 1 heterocycles. The molecule has 1 aromatic heterocycles. The van der Waals surface area contributed by atoms with E-state index in [9.17, 15) is 4.79 Å². The molecule has 0 saturated carbocycles. The summed E-state index contributed by atoms with van der Waals surface area (Å²) in [5, 5.41) is 1.41. The molecular weight excluding hydrogens is 234 g/mol. The molecule has 0 aliphatic rings. The lowest BCUT2D eigenvalue weighted by atomic mass is 9.98. The standard InChI is InChI=1S/C14H16ClNO/c1-7(2)13-9(4)16-12-6-11(15)8(3)5-10(12)14(13)17/h5-7H,1-4H3,(H,16,17). The second kappa shape index (κ2) is 4.19. The van der Waals surface area contributed by atoms with Crippen molar-refractivity contribution in [2.45, 2.75) is 33.6 Å². The van der Waals surface area contributed by atoms with Gasteiger partial charge in [0.05, 0.1) is 5.52 Å². The highest BCUT2D eigenvalue weighted by Crippen LogP contribution is 2.23. The van der Waals surface area contributed by atoms with Gasteiger partial charge in [0.15, 0.2) is 5.43 Å². The monoisotopic (exact) mass is 249 g/mol. The van der Waals surface area contributed by atoms with E-state index in [0.29, 0.717) is 5.02 Å². The Kier molecular flexibility index (Phi) is 3.00. The molecule has 0 unspecified atom stereocenters. The Bertz CT molecular complexity index is 641. The van der Waals surface area contributed by atoms with Crippen molar-refractivity contribution in [3.8, 4) is 0 Å². The Morgan fingerprint density at radius 3 is 2.47 bits per heavy atom. The van der Waals surface area contributed by atoms with Crippen molar-refractivity contribution in [2.24, 2.45) is 0 Å². The number of hydrogen-bond donors (Lipinski definition) is 1. The summed E-state index contributed by atoms with van der Waals surface area (Å²) in [5.74, 6) is 0.221. The highest BCUT2D eigenvalue weighted by Gasteiger charge is 2.13. The summed E-state index contributed by atoms with van der Waals surface area (Å²) in [6, 6.07) is 3.69. The molecule has 0 atom stereocenters. The number of hydrogen-bond acceptors (Lipinski definition) is 1. The van der Waals surface area contributed by atoms with Crippen molar-refractivity contribution >= 4 is 22.5 Å². The van der Waals surface area contributed by atoms with Gasteiger partial charge in [-0.05, 0) is 37.5 Å². The van der Waals surface area contributed by atoms with Crippen molar-refractivity contribution in [3.05, 3.63) is 44.2 Å². The van der Waals surface area contributed by atoms with E-state index in [1.165, 1.54) is 0 Å². The lowest BCUT2D eigenvalue weighted by Crippen LogP contribution is -2.14. The van der Waals surface area contributed by atoms with Crippen molar-refractivity contribution < 1.29 is 0 Å². The minimum absolute atomic E-state index is 0.117. The van der Waals surface area contributed by atoms with Crippen molar-refractivity contribution in [1.82, 2.24) is 4.98 Å². The Labute approximate surface area is 106 Å². The van der Waals surface area contributed by atoms with E-state index in [4.69, 9.17) is 11.6 Å². The van der Waals surface area contributed by atoms with Crippen LogP contribution in [0.1, 0.15) is 36.6 Å². The highest BCUT2D eigenvalue weighted by atomic mass is 35.5. The van der Waals surface area contributed by atoms with E-state index in [-0.39, 0.29) is 11.3 Å². The first-order valence-electron chi connectivity index (χ1n) is 5.74. The topological polar surface area (TPSA) is 32.9 Å². The zero-order valence-electron chi connectivity index (χ0n) is 10.5. The molecule has 2 rings (SSSR count). The molecule has 0 bridgehead atoms. The normalized spacial score (nSPS) is 11.4. The van der Waals surface area contributed by atoms with E-state index >= 15 is 0 Å². The van der Waals surface area contributed by atoms with Gasteiger partial charge in [-0.15, -0.1) is 0 Å². The number of nitrogens with one attached hydrogen (secondary N) is 1. The third-order valence-corrected chi connectivity index (χ3v) is 3.50. The Hall–Kier alpha value is -1.28. The molecule has 2 aromatic rings. The van der Waals surface area contributed by atoms with E-state index in [1.54, 1.807) is 0 Å². The minimum atomic E-state index is 0.117. The summed E-state index contributed by atoms with van der Waals surface area (Å²) in [5.41, 5.74) is 3.65. The quantitative estimate of drug-likeness (QED) is 0.816. The summed E-state index contributed by atoms with van der Waals surface area (Å²) in [6.07, 6.45) is 0. The van der Waals surface area contributed by atoms with Gasteiger partial charge in [-0.3, -0.25) is 4.79 Å². The molecule has 1 N–H and O–H groups in total. The average Bonchev–Trinajstić information content (AvgIpc) is 2.21. The molecule has 3 heteroatoms. The number of H-pyrrole nitrogens is 1. The van der Waals surface area contributed by atoms with Crippen LogP contribution in [0.2, 0.25) is 5.02 Å². The summed E-state index contributed by atoms with van der Waals surface area (Å²) >= 11 is 6.07. The van der Waals surface area contributed by atoms with Gasteiger partial charge in [-0.2, -0.15) is 0 Å². The maximum absolute atomic E-state index is 12.4. The van der Waals surface area contributed by atoms with Gasteiger partial charge in [-0.1, -0.05) is 25.4 Å². The fourth-order valence-corrected chi connectivity index (χ4v) is 2.42. The van der Waals surface area contributed by atoms with Crippen molar-refractivity contribution in [1.29, 1.82) is 0 Å². The molecule has 0 amide bonds. The van der Waals surface area contributed by atoms with Crippen LogP contribution in [0.3, 0.4) is 0 Å². The van der Waals surface area contributed by atoms with Gasteiger partial charge >= 0.3 is 0 Å². The molecule has 0 spiro atoms. The fraction of sp³-hybridized carbons (Fsp3) is 0.357. The van der Waals surface area contributed by atoms with Crippen LogP contribution in [0.5, 0.6) is 0 Å². The van der Waals surface area contributed by atoms with E-state index in [2.05, 4.69) is 4.98 Å². The maximum atomic E-state index is 12.4. The Morgan fingerprint density at radius 2 is 1.88 bits per heavy atom. The summed E-state index contributed by atoms with van der Waals surface area (Å²) in [7, 11) is 0. The second-order valence-corrected chi connectivity index (χ2v) is 5.20. The Balaban J connectivity index is 2.93. The number of rotatable bonds is 1. The zero-order chi connectivity index (χ0) is 12.7. The second-order valence-electron chi connectivity index (χ2n) is 4.79. The lowest BCUT2D eigenvalue weighted by Gasteiger charge is -2.11. The van der Waals surface area contributed by atoms with Crippen molar-refractivity contribution in [3.63, 3.8) is 0 Å². The molecule has 2 nitrogen and oxygen atoms in total. The van der Waals surface area contributed by atoms with Gasteiger partial charge in [0.1, 0.15) is 0 Å². The van der Waals surface area contributed by atoms with E-state index < -0.39 is 0 Å². The SMILES string of the molecule is Cc1cc2c(=O)c(C(C)C)c(C)[nH]c2cc1Cl. The summed E-state index contributed by atoms with van der Waals surface area (Å²) in [6.45, 7) is 7.92. The average molecular weight is 250 g/mol. The van der Waals surface area contributed by atoms with Crippen LogP contribution in [-0.2, 0) is 0 Å². The summed E-state index contributed by atoms with van der Waals surface area (Å²) < 4.78 is 0. The number of benzene rings is 1. The third kappa shape index (κ3) is 1.98. The van der Waals surface area contributed by atoms with Crippen molar-refractivity contribution in [2.75, 3.05) is 0 Å². The number of pyridine rings is 1. The van der Waals surface area contributed by atoms with Crippen LogP contribution in [0.4, 0.5) is 0 Å². The first-order valence-corrected chi connectivity index (χ1v) is 6.12. The van der Waals surface area contributed by atoms with Crippen LogP contribution in [0.25, 0.3) is 10.9 Å². The molecule has 0 radical (unpaired) electrons. The van der Waals surface area contributed by atoms with Crippen LogP contribution < -0.4 is 5.43 Å². The molecule has 0 saturated heterocycles. The third-order valence-electron chi connectivity index (χ3n) is 3.09. The smallest absolute Gasteiger partial charge is 0.193 e. The highest BCUT2D eigenvalue weighted by molar-refractivity contribution is 6.32. The number of aryl methyl sites for hydroxylation is 2. The number of fused-ring (bicyclic) bond motifs is 1. The minimum Gasteiger partial charge on any atom is -0.358 e. The Morgan fingerprint density at radius 1 is 1.24 bits per heavy atom. The maximum Gasteiger partial charge on any atom is 0.193 e. The largest absolute Gasteiger partial charge is 0.358 e. The zero-order valence-corrected chi connectivity index (χ0v) is 11.3. The predicted octanol–water partition coefficient (Wildman–Crippen LogP) is 3.92. The molecule has 90 valence electrons. The molecule has 1 aromatic carbocycles. The van der Waals surface area contributed by atoms with Crippen LogP contribution >= 0.6 is 11.6 Å². The van der Waals surface area contributed by atoms with E-state index in [0.717, 1.165) is 27.7 Å². The molecular formula is C14H16ClNO. The van der Waals surface area contributed by atoms with Gasteiger partial charge in [0, 0.05) is 21.7 Å².